The molecular formula is C18H24N2. The summed E-state index contributed by atoms with van der Waals surface area (Å²) in [7, 11) is 0. The molecule has 0 radical (unpaired) electrons. The number of pyridine rings is 1. The standard InChI is InChI=1S/C18H24N2/c1-4-13(2)20-11-7-10-18-16(12-20)14(3)15-8-5-6-9-17(15)19-18/h5-6,8-9,13H,4,7,10-12H2,1-3H3. The van der Waals surface area contributed by atoms with Gasteiger partial charge in [-0.2, -0.15) is 0 Å². The Balaban J connectivity index is 2.08. The molecule has 2 nitrogen and oxygen atoms in total. The summed E-state index contributed by atoms with van der Waals surface area (Å²) in [5.74, 6) is 0. The highest BCUT2D eigenvalue weighted by Gasteiger charge is 2.21. The quantitative estimate of drug-likeness (QED) is 0.815. The molecule has 3 rings (SSSR count). The van der Waals surface area contributed by atoms with Gasteiger partial charge in [0.15, 0.2) is 0 Å². The second-order valence-corrected chi connectivity index (χ2v) is 6.01. The second kappa shape index (κ2) is 5.53. The smallest absolute Gasteiger partial charge is 0.0708 e. The van der Waals surface area contributed by atoms with Gasteiger partial charge in [-0.1, -0.05) is 25.1 Å². The molecule has 2 heterocycles. The Morgan fingerprint density at radius 3 is 2.90 bits per heavy atom. The summed E-state index contributed by atoms with van der Waals surface area (Å²) in [5, 5.41) is 1.32. The van der Waals surface area contributed by atoms with Gasteiger partial charge in [0.25, 0.3) is 0 Å². The zero-order valence-corrected chi connectivity index (χ0v) is 12.8. The van der Waals surface area contributed by atoms with Crippen molar-refractivity contribution in [1.82, 2.24) is 9.88 Å². The van der Waals surface area contributed by atoms with Gasteiger partial charge in [0, 0.05) is 23.7 Å². The number of fused-ring (bicyclic) bond motifs is 2. The van der Waals surface area contributed by atoms with Crippen molar-refractivity contribution in [3.8, 4) is 0 Å². The minimum Gasteiger partial charge on any atom is -0.296 e. The average Bonchev–Trinajstić information content (AvgIpc) is 2.69. The van der Waals surface area contributed by atoms with E-state index in [-0.39, 0.29) is 0 Å². The molecule has 0 bridgehead atoms. The van der Waals surface area contributed by atoms with Crippen LogP contribution in [0, 0.1) is 6.92 Å². The fourth-order valence-corrected chi connectivity index (χ4v) is 3.26. The lowest BCUT2D eigenvalue weighted by Crippen LogP contribution is -2.32. The van der Waals surface area contributed by atoms with Crippen molar-refractivity contribution in [3.63, 3.8) is 0 Å². The number of rotatable bonds is 2. The van der Waals surface area contributed by atoms with Crippen LogP contribution in [0.3, 0.4) is 0 Å². The molecule has 1 aromatic heterocycles. The lowest BCUT2D eigenvalue weighted by Gasteiger charge is -2.27. The van der Waals surface area contributed by atoms with E-state index in [0.717, 1.165) is 18.5 Å². The van der Waals surface area contributed by atoms with Gasteiger partial charge in [-0.25, -0.2) is 0 Å². The molecule has 106 valence electrons. The molecule has 1 unspecified atom stereocenters. The molecule has 0 saturated carbocycles. The molecule has 20 heavy (non-hydrogen) atoms. The maximum Gasteiger partial charge on any atom is 0.0708 e. The molecule has 0 fully saturated rings. The fraction of sp³-hybridized carbons (Fsp3) is 0.500. The Hall–Kier alpha value is -1.41. The molecular weight excluding hydrogens is 244 g/mol. The van der Waals surface area contributed by atoms with Gasteiger partial charge < -0.3 is 0 Å². The zero-order valence-electron chi connectivity index (χ0n) is 12.8. The van der Waals surface area contributed by atoms with E-state index in [0.29, 0.717) is 6.04 Å². The molecule has 0 N–H and O–H groups in total. The third-order valence-electron chi connectivity index (χ3n) is 4.80. The van der Waals surface area contributed by atoms with Crippen LogP contribution in [0.5, 0.6) is 0 Å². The van der Waals surface area contributed by atoms with E-state index in [1.807, 2.05) is 0 Å². The first-order chi connectivity index (χ1) is 9.70. The number of para-hydroxylation sites is 1. The van der Waals surface area contributed by atoms with Crippen LogP contribution in [0.2, 0.25) is 0 Å². The van der Waals surface area contributed by atoms with Crippen LogP contribution in [0.15, 0.2) is 24.3 Å². The number of hydrogen-bond acceptors (Lipinski definition) is 2. The van der Waals surface area contributed by atoms with Crippen molar-refractivity contribution in [1.29, 1.82) is 0 Å². The Bertz CT molecular complexity index is 618. The molecule has 0 spiro atoms. The Morgan fingerprint density at radius 1 is 1.30 bits per heavy atom. The van der Waals surface area contributed by atoms with Crippen LogP contribution in [-0.4, -0.2) is 22.5 Å². The topological polar surface area (TPSA) is 16.1 Å². The highest BCUT2D eigenvalue weighted by Crippen LogP contribution is 2.27. The summed E-state index contributed by atoms with van der Waals surface area (Å²) in [6, 6.07) is 9.21. The number of benzene rings is 1. The van der Waals surface area contributed by atoms with Gasteiger partial charge in [0.1, 0.15) is 0 Å². The van der Waals surface area contributed by atoms with Crippen LogP contribution in [0.25, 0.3) is 10.9 Å². The van der Waals surface area contributed by atoms with Crippen LogP contribution < -0.4 is 0 Å². The fourth-order valence-electron chi connectivity index (χ4n) is 3.26. The minimum absolute atomic E-state index is 0.659. The van der Waals surface area contributed by atoms with Gasteiger partial charge in [-0.05, 0) is 56.8 Å². The summed E-state index contributed by atoms with van der Waals surface area (Å²) < 4.78 is 0. The van der Waals surface area contributed by atoms with Crippen molar-refractivity contribution in [2.45, 2.75) is 52.6 Å². The molecule has 1 aliphatic heterocycles. The van der Waals surface area contributed by atoms with Crippen molar-refractivity contribution in [2.75, 3.05) is 6.54 Å². The number of nitrogens with zero attached hydrogens (tertiary/aromatic N) is 2. The third-order valence-corrected chi connectivity index (χ3v) is 4.80. The molecule has 1 aliphatic rings. The van der Waals surface area contributed by atoms with E-state index < -0.39 is 0 Å². The lowest BCUT2D eigenvalue weighted by molar-refractivity contribution is 0.198. The minimum atomic E-state index is 0.659. The van der Waals surface area contributed by atoms with Gasteiger partial charge in [-0.3, -0.25) is 9.88 Å². The summed E-state index contributed by atoms with van der Waals surface area (Å²) in [6.45, 7) is 9.15. The summed E-state index contributed by atoms with van der Waals surface area (Å²) in [4.78, 5) is 7.55. The SMILES string of the molecule is CCC(C)N1CCCc2nc3ccccc3c(C)c2C1. The molecule has 0 aliphatic carbocycles. The van der Waals surface area contributed by atoms with Crippen LogP contribution in [0.4, 0.5) is 0 Å². The Morgan fingerprint density at radius 2 is 2.10 bits per heavy atom. The van der Waals surface area contributed by atoms with Gasteiger partial charge in [-0.15, -0.1) is 0 Å². The van der Waals surface area contributed by atoms with E-state index >= 15 is 0 Å². The van der Waals surface area contributed by atoms with Crippen molar-refractivity contribution in [3.05, 3.63) is 41.1 Å². The molecule has 0 amide bonds. The summed E-state index contributed by atoms with van der Waals surface area (Å²) in [5.41, 5.74) is 5.38. The Labute approximate surface area is 121 Å². The van der Waals surface area contributed by atoms with E-state index in [2.05, 4.69) is 49.9 Å². The molecule has 1 aromatic carbocycles. The molecule has 2 heteroatoms. The molecule has 1 atom stereocenters. The predicted molar refractivity (Wildman–Crippen MR) is 85.0 cm³/mol. The number of aromatic nitrogens is 1. The zero-order chi connectivity index (χ0) is 14.1. The largest absolute Gasteiger partial charge is 0.296 e. The van der Waals surface area contributed by atoms with E-state index in [9.17, 15) is 0 Å². The summed E-state index contributed by atoms with van der Waals surface area (Å²) >= 11 is 0. The summed E-state index contributed by atoms with van der Waals surface area (Å²) in [6.07, 6.45) is 3.56. The normalized spacial score (nSPS) is 17.8. The maximum atomic E-state index is 4.93. The predicted octanol–water partition coefficient (Wildman–Crippen LogP) is 4.09. The third kappa shape index (κ3) is 2.33. The number of hydrogen-bond donors (Lipinski definition) is 0. The van der Waals surface area contributed by atoms with Crippen molar-refractivity contribution < 1.29 is 0 Å². The average molecular weight is 268 g/mol. The van der Waals surface area contributed by atoms with Crippen molar-refractivity contribution >= 4 is 10.9 Å². The first-order valence-corrected chi connectivity index (χ1v) is 7.82. The maximum absolute atomic E-state index is 4.93. The van der Waals surface area contributed by atoms with E-state index in [4.69, 9.17) is 4.98 Å². The van der Waals surface area contributed by atoms with Crippen LogP contribution >= 0.6 is 0 Å². The highest BCUT2D eigenvalue weighted by molar-refractivity contribution is 5.83. The first kappa shape index (κ1) is 13.6. The lowest BCUT2D eigenvalue weighted by atomic mass is 10.00. The van der Waals surface area contributed by atoms with Crippen molar-refractivity contribution in [2.24, 2.45) is 0 Å². The molecule has 0 saturated heterocycles. The van der Waals surface area contributed by atoms with Gasteiger partial charge >= 0.3 is 0 Å². The van der Waals surface area contributed by atoms with Gasteiger partial charge in [0.05, 0.1) is 5.52 Å². The van der Waals surface area contributed by atoms with E-state index in [1.165, 1.54) is 41.6 Å². The van der Waals surface area contributed by atoms with Crippen LogP contribution in [0.1, 0.15) is 43.5 Å². The highest BCUT2D eigenvalue weighted by atomic mass is 15.1. The monoisotopic (exact) mass is 268 g/mol. The van der Waals surface area contributed by atoms with E-state index in [1.54, 1.807) is 0 Å². The second-order valence-electron chi connectivity index (χ2n) is 6.01. The number of aryl methyl sites for hydroxylation is 2. The first-order valence-electron chi connectivity index (χ1n) is 7.82. The molecule has 2 aromatic rings. The van der Waals surface area contributed by atoms with Crippen LogP contribution in [-0.2, 0) is 13.0 Å². The Kier molecular flexibility index (Phi) is 3.75. The van der Waals surface area contributed by atoms with Gasteiger partial charge in [0.2, 0.25) is 0 Å².